The molecule has 0 fully saturated rings. The Labute approximate surface area is 99.3 Å². The smallest absolute Gasteiger partial charge is 0.0591 e. The molecule has 98 valence electrons. The van der Waals surface area contributed by atoms with Gasteiger partial charge < -0.3 is 19.9 Å². The van der Waals surface area contributed by atoms with Crippen molar-refractivity contribution in [2.75, 3.05) is 40.1 Å². The van der Waals surface area contributed by atoms with Crippen LogP contribution in [0.15, 0.2) is 0 Å². The normalized spacial score (nSPS) is 13.3. The van der Waals surface area contributed by atoms with Gasteiger partial charge in [0.25, 0.3) is 0 Å². The van der Waals surface area contributed by atoms with Crippen molar-refractivity contribution in [3.8, 4) is 0 Å². The maximum Gasteiger partial charge on any atom is 0.0591 e. The maximum atomic E-state index is 8.90. The highest BCUT2D eigenvalue weighted by atomic mass is 16.5. The van der Waals surface area contributed by atoms with Gasteiger partial charge in [0.05, 0.1) is 6.61 Å². The number of rotatable bonds is 11. The first-order valence-corrected chi connectivity index (χ1v) is 6.13. The first-order chi connectivity index (χ1) is 7.72. The molecule has 0 aromatic heterocycles. The summed E-state index contributed by atoms with van der Waals surface area (Å²) in [6, 6.07) is 0.382. The standard InChI is InChI=1S/C12H27NO3/c1-11(2)12(5-7-14)13-6-10-16-9-4-8-15-3/h11-14H,4-10H2,1-3H3. The summed E-state index contributed by atoms with van der Waals surface area (Å²) in [5.74, 6) is 0.542. The van der Waals surface area contributed by atoms with Crippen LogP contribution < -0.4 is 5.32 Å². The van der Waals surface area contributed by atoms with Crippen molar-refractivity contribution in [2.24, 2.45) is 5.92 Å². The van der Waals surface area contributed by atoms with Crippen molar-refractivity contribution in [3.63, 3.8) is 0 Å². The predicted molar refractivity (Wildman–Crippen MR) is 65.6 cm³/mol. The number of hydrogen-bond acceptors (Lipinski definition) is 4. The highest BCUT2D eigenvalue weighted by molar-refractivity contribution is 4.69. The van der Waals surface area contributed by atoms with Crippen molar-refractivity contribution < 1.29 is 14.6 Å². The van der Waals surface area contributed by atoms with E-state index < -0.39 is 0 Å². The second-order valence-electron chi connectivity index (χ2n) is 4.28. The lowest BCUT2D eigenvalue weighted by atomic mass is 10.0. The summed E-state index contributed by atoms with van der Waals surface area (Å²) in [6.45, 7) is 7.63. The first-order valence-electron chi connectivity index (χ1n) is 6.13. The summed E-state index contributed by atoms with van der Waals surface area (Å²) in [7, 11) is 1.70. The number of aliphatic hydroxyl groups is 1. The Balaban J connectivity index is 3.33. The second-order valence-corrected chi connectivity index (χ2v) is 4.28. The molecule has 0 bridgehead atoms. The van der Waals surface area contributed by atoms with E-state index in [-0.39, 0.29) is 6.61 Å². The summed E-state index contributed by atoms with van der Waals surface area (Å²) >= 11 is 0. The van der Waals surface area contributed by atoms with Gasteiger partial charge in [0.15, 0.2) is 0 Å². The van der Waals surface area contributed by atoms with E-state index in [1.807, 2.05) is 0 Å². The number of aliphatic hydroxyl groups excluding tert-OH is 1. The molecular weight excluding hydrogens is 206 g/mol. The molecule has 0 aromatic carbocycles. The van der Waals surface area contributed by atoms with E-state index in [2.05, 4.69) is 19.2 Å². The summed E-state index contributed by atoms with van der Waals surface area (Å²) in [5.41, 5.74) is 0. The van der Waals surface area contributed by atoms with E-state index in [0.29, 0.717) is 12.0 Å². The average molecular weight is 233 g/mol. The van der Waals surface area contributed by atoms with Crippen LogP contribution >= 0.6 is 0 Å². The van der Waals surface area contributed by atoms with Crippen LogP contribution in [0.4, 0.5) is 0 Å². The fourth-order valence-corrected chi connectivity index (χ4v) is 1.53. The van der Waals surface area contributed by atoms with Crippen LogP contribution in [0.25, 0.3) is 0 Å². The van der Waals surface area contributed by atoms with Crippen molar-refractivity contribution in [2.45, 2.75) is 32.7 Å². The molecule has 1 unspecified atom stereocenters. The second kappa shape index (κ2) is 11.3. The zero-order valence-electron chi connectivity index (χ0n) is 10.9. The topological polar surface area (TPSA) is 50.7 Å². The van der Waals surface area contributed by atoms with E-state index in [9.17, 15) is 0 Å². The molecule has 4 heteroatoms. The van der Waals surface area contributed by atoms with E-state index in [1.54, 1.807) is 7.11 Å². The Bertz CT molecular complexity index is 142. The molecule has 0 rings (SSSR count). The average Bonchev–Trinajstić information content (AvgIpc) is 2.26. The molecule has 16 heavy (non-hydrogen) atoms. The maximum absolute atomic E-state index is 8.90. The van der Waals surface area contributed by atoms with Gasteiger partial charge in [-0.25, -0.2) is 0 Å². The van der Waals surface area contributed by atoms with Crippen LogP contribution in [0.3, 0.4) is 0 Å². The van der Waals surface area contributed by atoms with Gasteiger partial charge in [-0.1, -0.05) is 13.8 Å². The molecule has 0 radical (unpaired) electrons. The van der Waals surface area contributed by atoms with Gasteiger partial charge in [0.2, 0.25) is 0 Å². The molecule has 0 amide bonds. The fourth-order valence-electron chi connectivity index (χ4n) is 1.53. The molecule has 0 saturated carbocycles. The van der Waals surface area contributed by atoms with Gasteiger partial charge in [-0.3, -0.25) is 0 Å². The molecule has 0 spiro atoms. The lowest BCUT2D eigenvalue weighted by Gasteiger charge is -2.21. The Morgan fingerprint density at radius 3 is 2.50 bits per heavy atom. The summed E-state index contributed by atoms with van der Waals surface area (Å²) in [6.07, 6.45) is 1.75. The Morgan fingerprint density at radius 1 is 1.19 bits per heavy atom. The van der Waals surface area contributed by atoms with Crippen molar-refractivity contribution in [1.82, 2.24) is 5.32 Å². The molecule has 2 N–H and O–H groups in total. The van der Waals surface area contributed by atoms with Crippen molar-refractivity contribution in [3.05, 3.63) is 0 Å². The monoisotopic (exact) mass is 233 g/mol. The molecular formula is C12H27NO3. The molecule has 4 nitrogen and oxygen atoms in total. The quantitative estimate of drug-likeness (QED) is 0.524. The van der Waals surface area contributed by atoms with E-state index in [1.165, 1.54) is 0 Å². The van der Waals surface area contributed by atoms with Gasteiger partial charge in [0.1, 0.15) is 0 Å². The molecule has 0 aliphatic rings. The lowest BCUT2D eigenvalue weighted by molar-refractivity contribution is 0.101. The minimum absolute atomic E-state index is 0.241. The van der Waals surface area contributed by atoms with Crippen molar-refractivity contribution >= 4 is 0 Å². The van der Waals surface area contributed by atoms with E-state index in [0.717, 1.165) is 39.2 Å². The summed E-state index contributed by atoms with van der Waals surface area (Å²) < 4.78 is 10.4. The minimum atomic E-state index is 0.241. The molecule has 0 saturated heterocycles. The third-order valence-electron chi connectivity index (χ3n) is 2.53. The highest BCUT2D eigenvalue weighted by Crippen LogP contribution is 2.04. The molecule has 0 aliphatic carbocycles. The van der Waals surface area contributed by atoms with Crippen LogP contribution in [0.5, 0.6) is 0 Å². The Morgan fingerprint density at radius 2 is 1.94 bits per heavy atom. The lowest BCUT2D eigenvalue weighted by Crippen LogP contribution is -2.36. The van der Waals surface area contributed by atoms with E-state index in [4.69, 9.17) is 14.6 Å². The highest BCUT2D eigenvalue weighted by Gasteiger charge is 2.10. The Kier molecular flexibility index (Phi) is 11.2. The van der Waals surface area contributed by atoms with Gasteiger partial charge in [0, 0.05) is 39.5 Å². The Hall–Kier alpha value is -0.160. The van der Waals surface area contributed by atoms with Crippen LogP contribution in [0, 0.1) is 5.92 Å². The van der Waals surface area contributed by atoms with Crippen LogP contribution in [0.1, 0.15) is 26.7 Å². The van der Waals surface area contributed by atoms with Gasteiger partial charge >= 0.3 is 0 Å². The zero-order valence-corrected chi connectivity index (χ0v) is 10.9. The predicted octanol–water partition coefficient (Wildman–Crippen LogP) is 1.04. The third-order valence-corrected chi connectivity index (χ3v) is 2.53. The van der Waals surface area contributed by atoms with Gasteiger partial charge in [-0.15, -0.1) is 0 Å². The number of nitrogens with one attached hydrogen (secondary N) is 1. The van der Waals surface area contributed by atoms with Gasteiger partial charge in [-0.05, 0) is 18.8 Å². The number of hydrogen-bond donors (Lipinski definition) is 2. The SMILES string of the molecule is COCCCOCCNC(CCO)C(C)C. The zero-order chi connectivity index (χ0) is 12.2. The number of ether oxygens (including phenoxy) is 2. The van der Waals surface area contributed by atoms with Crippen LogP contribution in [0.2, 0.25) is 0 Å². The molecule has 0 aliphatic heterocycles. The first kappa shape index (κ1) is 15.8. The van der Waals surface area contributed by atoms with Crippen LogP contribution in [-0.2, 0) is 9.47 Å². The van der Waals surface area contributed by atoms with Gasteiger partial charge in [-0.2, -0.15) is 0 Å². The molecule has 0 heterocycles. The molecule has 0 aromatic rings. The summed E-state index contributed by atoms with van der Waals surface area (Å²) in [5, 5.41) is 12.3. The minimum Gasteiger partial charge on any atom is -0.396 e. The summed E-state index contributed by atoms with van der Waals surface area (Å²) in [4.78, 5) is 0. The molecule has 1 atom stereocenters. The van der Waals surface area contributed by atoms with E-state index >= 15 is 0 Å². The fraction of sp³-hybridized carbons (Fsp3) is 1.00. The third kappa shape index (κ3) is 9.09. The number of methoxy groups -OCH3 is 1. The largest absolute Gasteiger partial charge is 0.396 e. The van der Waals surface area contributed by atoms with Crippen LogP contribution in [-0.4, -0.2) is 51.2 Å². The van der Waals surface area contributed by atoms with Crippen molar-refractivity contribution in [1.29, 1.82) is 0 Å².